The van der Waals surface area contributed by atoms with E-state index in [1.807, 2.05) is 51.9 Å². The zero-order valence-electron chi connectivity index (χ0n) is 16.9. The van der Waals surface area contributed by atoms with E-state index >= 15 is 0 Å². The van der Waals surface area contributed by atoms with E-state index in [1.54, 1.807) is 6.08 Å². The molecule has 1 unspecified atom stereocenters. The summed E-state index contributed by atoms with van der Waals surface area (Å²) in [6.07, 6.45) is 2.30. The van der Waals surface area contributed by atoms with E-state index in [0.29, 0.717) is 29.9 Å². The van der Waals surface area contributed by atoms with Crippen LogP contribution in [0.15, 0.2) is 66.3 Å². The molecule has 0 saturated carbocycles. The summed E-state index contributed by atoms with van der Waals surface area (Å²) in [4.78, 5) is 14.7. The molecule has 2 aliphatic heterocycles. The molecule has 0 radical (unpaired) electrons. The molecule has 0 spiro atoms. The highest BCUT2D eigenvalue weighted by molar-refractivity contribution is 7.99. The molecule has 1 amide bonds. The smallest absolute Gasteiger partial charge is 0.237 e. The van der Waals surface area contributed by atoms with Gasteiger partial charge in [0.2, 0.25) is 5.91 Å². The maximum atomic E-state index is 12.9. The predicted octanol–water partition coefficient (Wildman–Crippen LogP) is 3.66. The number of ether oxygens (including phenoxy) is 2. The molecular formula is C23H22N4O3S. The minimum atomic E-state index is -0.377. The van der Waals surface area contributed by atoms with Crippen molar-refractivity contribution in [3.05, 3.63) is 72.6 Å². The molecule has 0 bridgehead atoms. The lowest BCUT2D eigenvalue weighted by Gasteiger charge is -2.26. The van der Waals surface area contributed by atoms with Crippen molar-refractivity contribution in [2.24, 2.45) is 0 Å². The molecule has 2 aliphatic rings. The Bertz CT molecular complexity index is 1130. The average molecular weight is 435 g/mol. The first-order valence-electron chi connectivity index (χ1n) is 10.2. The Morgan fingerprint density at radius 1 is 1.16 bits per heavy atom. The van der Waals surface area contributed by atoms with Crippen LogP contribution < -0.4 is 14.4 Å². The van der Waals surface area contributed by atoms with Crippen LogP contribution in [0, 0.1) is 0 Å². The second-order valence-electron chi connectivity index (χ2n) is 7.32. The highest BCUT2D eigenvalue weighted by Gasteiger charge is 2.29. The zero-order valence-corrected chi connectivity index (χ0v) is 17.8. The Morgan fingerprint density at radius 3 is 2.84 bits per heavy atom. The number of benzene rings is 2. The molecule has 0 aliphatic carbocycles. The number of nitrogens with zero attached hydrogens (tertiary/aromatic N) is 4. The number of rotatable bonds is 6. The van der Waals surface area contributed by atoms with E-state index in [4.69, 9.17) is 9.47 Å². The molecule has 7 nitrogen and oxygen atoms in total. The normalized spacial score (nSPS) is 16.8. The van der Waals surface area contributed by atoms with Gasteiger partial charge in [0.25, 0.3) is 0 Å². The number of carbonyl (C=O) groups is 1. The van der Waals surface area contributed by atoms with Crippen molar-refractivity contribution in [2.75, 3.05) is 23.8 Å². The molecule has 0 fully saturated rings. The number of fused-ring (bicyclic) bond motifs is 2. The monoisotopic (exact) mass is 434 g/mol. The van der Waals surface area contributed by atoms with E-state index < -0.39 is 0 Å². The van der Waals surface area contributed by atoms with Crippen LogP contribution in [0.1, 0.15) is 17.5 Å². The summed E-state index contributed by atoms with van der Waals surface area (Å²) < 4.78 is 13.9. The SMILES string of the molecule is C=CCn1c(SCC(=O)N2CCc3ccccc32)nnc1C1COc2ccccc2O1. The maximum Gasteiger partial charge on any atom is 0.237 e. The van der Waals surface area contributed by atoms with E-state index in [0.717, 1.165) is 24.4 Å². The Kier molecular flexibility index (Phi) is 5.38. The highest BCUT2D eigenvalue weighted by atomic mass is 32.2. The second kappa shape index (κ2) is 8.47. The number of anilines is 1. The van der Waals surface area contributed by atoms with Crippen LogP contribution in [0.5, 0.6) is 11.5 Å². The van der Waals surface area contributed by atoms with Gasteiger partial charge in [-0.05, 0) is 30.2 Å². The molecule has 5 rings (SSSR count). The molecule has 8 heteroatoms. The molecule has 158 valence electrons. The fraction of sp³-hybridized carbons (Fsp3) is 0.261. The molecule has 1 atom stereocenters. The lowest BCUT2D eigenvalue weighted by atomic mass is 10.2. The number of hydrogen-bond donors (Lipinski definition) is 0. The summed E-state index contributed by atoms with van der Waals surface area (Å²) in [5.74, 6) is 2.42. The highest BCUT2D eigenvalue weighted by Crippen LogP contribution is 2.36. The number of aromatic nitrogens is 3. The molecule has 1 aromatic heterocycles. The number of thioether (sulfide) groups is 1. The third-order valence-electron chi connectivity index (χ3n) is 5.37. The Balaban J connectivity index is 1.31. The third kappa shape index (κ3) is 3.79. The van der Waals surface area contributed by atoms with Gasteiger partial charge >= 0.3 is 0 Å². The van der Waals surface area contributed by atoms with Crippen molar-refractivity contribution < 1.29 is 14.3 Å². The topological polar surface area (TPSA) is 69.5 Å². The Labute approximate surface area is 184 Å². The molecule has 3 heterocycles. The summed E-state index contributed by atoms with van der Waals surface area (Å²) in [5.41, 5.74) is 2.22. The van der Waals surface area contributed by atoms with Crippen LogP contribution in [0.3, 0.4) is 0 Å². The van der Waals surface area contributed by atoms with Crippen LogP contribution in [-0.4, -0.2) is 39.6 Å². The van der Waals surface area contributed by atoms with Gasteiger partial charge in [0.1, 0.15) is 6.61 Å². The van der Waals surface area contributed by atoms with Gasteiger partial charge in [-0.1, -0.05) is 48.2 Å². The molecular weight excluding hydrogens is 412 g/mol. The number of para-hydroxylation sites is 3. The Morgan fingerprint density at radius 2 is 1.97 bits per heavy atom. The molecule has 0 saturated heterocycles. The molecule has 2 aromatic carbocycles. The first-order valence-corrected chi connectivity index (χ1v) is 11.2. The number of allylic oxidation sites excluding steroid dienone is 1. The molecule has 31 heavy (non-hydrogen) atoms. The van der Waals surface area contributed by atoms with E-state index in [2.05, 4.69) is 22.8 Å². The second-order valence-corrected chi connectivity index (χ2v) is 8.26. The van der Waals surface area contributed by atoms with Gasteiger partial charge in [0, 0.05) is 18.8 Å². The Hall–Kier alpha value is -3.26. The minimum Gasteiger partial charge on any atom is -0.485 e. The summed E-state index contributed by atoms with van der Waals surface area (Å²) in [6, 6.07) is 15.6. The van der Waals surface area contributed by atoms with Crippen LogP contribution in [0.25, 0.3) is 0 Å². The largest absolute Gasteiger partial charge is 0.485 e. The summed E-state index contributed by atoms with van der Waals surface area (Å²) in [5, 5.41) is 9.35. The van der Waals surface area contributed by atoms with E-state index in [-0.39, 0.29) is 17.8 Å². The van der Waals surface area contributed by atoms with Crippen LogP contribution >= 0.6 is 11.8 Å². The zero-order chi connectivity index (χ0) is 21.2. The average Bonchev–Trinajstić information content (AvgIpc) is 3.42. The van der Waals surface area contributed by atoms with Crippen molar-refractivity contribution in [1.82, 2.24) is 14.8 Å². The summed E-state index contributed by atoms with van der Waals surface area (Å²) >= 11 is 1.38. The van der Waals surface area contributed by atoms with Crippen molar-refractivity contribution >= 4 is 23.4 Å². The first kappa shape index (κ1) is 19.7. The number of hydrogen-bond acceptors (Lipinski definition) is 6. The quantitative estimate of drug-likeness (QED) is 0.436. The van der Waals surface area contributed by atoms with E-state index in [9.17, 15) is 4.79 Å². The standard InChI is InChI=1S/C23H22N4O3S/c1-2-12-27-22(20-14-29-18-9-5-6-10-19(18)30-20)24-25-23(27)31-15-21(28)26-13-11-16-7-3-4-8-17(16)26/h2-10,20H,1,11-15H2. The van der Waals surface area contributed by atoms with Crippen LogP contribution in [0.2, 0.25) is 0 Å². The van der Waals surface area contributed by atoms with Crippen LogP contribution in [-0.2, 0) is 17.8 Å². The van der Waals surface area contributed by atoms with E-state index in [1.165, 1.54) is 17.3 Å². The fourth-order valence-electron chi connectivity index (χ4n) is 3.89. The molecule has 0 N–H and O–H groups in total. The van der Waals surface area contributed by atoms with Crippen molar-refractivity contribution in [2.45, 2.75) is 24.2 Å². The van der Waals surface area contributed by atoms with Crippen LogP contribution in [0.4, 0.5) is 5.69 Å². The summed E-state index contributed by atoms with van der Waals surface area (Å²) in [6.45, 7) is 5.44. The van der Waals surface area contributed by atoms with Gasteiger partial charge < -0.3 is 14.4 Å². The lowest BCUT2D eigenvalue weighted by molar-refractivity contribution is -0.116. The maximum absolute atomic E-state index is 12.9. The van der Waals surface area contributed by atoms with Gasteiger partial charge in [0.15, 0.2) is 28.6 Å². The lowest BCUT2D eigenvalue weighted by Crippen LogP contribution is -2.30. The van der Waals surface area contributed by atoms with Gasteiger partial charge in [-0.15, -0.1) is 16.8 Å². The third-order valence-corrected chi connectivity index (χ3v) is 6.32. The van der Waals surface area contributed by atoms with Gasteiger partial charge in [0.05, 0.1) is 5.75 Å². The fourth-order valence-corrected chi connectivity index (χ4v) is 4.72. The minimum absolute atomic E-state index is 0.0656. The van der Waals surface area contributed by atoms with Crippen molar-refractivity contribution in [3.63, 3.8) is 0 Å². The van der Waals surface area contributed by atoms with Gasteiger partial charge in [-0.2, -0.15) is 0 Å². The number of carbonyl (C=O) groups excluding carboxylic acids is 1. The van der Waals surface area contributed by atoms with Gasteiger partial charge in [-0.25, -0.2) is 0 Å². The van der Waals surface area contributed by atoms with Crippen molar-refractivity contribution in [1.29, 1.82) is 0 Å². The predicted molar refractivity (Wildman–Crippen MR) is 119 cm³/mol. The summed E-state index contributed by atoms with van der Waals surface area (Å²) in [7, 11) is 0. The number of amides is 1. The van der Waals surface area contributed by atoms with Crippen molar-refractivity contribution in [3.8, 4) is 11.5 Å². The van der Waals surface area contributed by atoms with Gasteiger partial charge in [-0.3, -0.25) is 9.36 Å². The molecule has 3 aromatic rings. The first-order chi connectivity index (χ1) is 15.2.